The van der Waals surface area contributed by atoms with E-state index in [0.717, 1.165) is 6.42 Å². The van der Waals surface area contributed by atoms with Crippen molar-refractivity contribution >= 4 is 17.0 Å². The Morgan fingerprint density at radius 3 is 2.60 bits per heavy atom. The molecule has 9 nitrogen and oxygen atoms in total. The maximum atomic E-state index is 10.2. The van der Waals surface area contributed by atoms with Gasteiger partial charge in [-0.2, -0.15) is 0 Å². The summed E-state index contributed by atoms with van der Waals surface area (Å²) >= 11 is 0. The zero-order valence-electron chi connectivity index (χ0n) is 14.6. The number of anilines is 1. The van der Waals surface area contributed by atoms with E-state index in [0.29, 0.717) is 22.9 Å². The minimum absolute atomic E-state index is 0.220. The van der Waals surface area contributed by atoms with E-state index in [-0.39, 0.29) is 12.6 Å². The van der Waals surface area contributed by atoms with Gasteiger partial charge in [0.1, 0.15) is 24.6 Å². The van der Waals surface area contributed by atoms with Crippen molar-refractivity contribution < 1.29 is 20.1 Å². The second kappa shape index (κ2) is 7.20. The fourth-order valence-corrected chi connectivity index (χ4v) is 3.25. The highest BCUT2D eigenvalue weighted by atomic mass is 16.6. The van der Waals surface area contributed by atoms with Gasteiger partial charge in [-0.25, -0.2) is 15.0 Å². The van der Waals surface area contributed by atoms with Crippen LogP contribution in [0.5, 0.6) is 0 Å². The monoisotopic (exact) mass is 351 g/mol. The summed E-state index contributed by atoms with van der Waals surface area (Å²) in [5.74, 6) is 1.17. The lowest BCUT2D eigenvalue weighted by Gasteiger charge is -2.18. The standard InChI is InChI=1S/C16H25N5O4/c1-8(2)4-9(3)20-14-11-15(18-6-17-14)21(7-19-11)16-13(24)12(23)10(5-22)25-16/h6-10,12-13,16,22-24H,4-5H2,1-3H3,(H,17,18,20)/t9-,10-,12-,13-,16-/m1/s1. The van der Waals surface area contributed by atoms with Crippen LogP contribution in [0.15, 0.2) is 12.7 Å². The van der Waals surface area contributed by atoms with Gasteiger partial charge in [0.2, 0.25) is 0 Å². The number of imidazole rings is 1. The van der Waals surface area contributed by atoms with Crippen LogP contribution in [0.4, 0.5) is 5.82 Å². The van der Waals surface area contributed by atoms with Gasteiger partial charge in [0.25, 0.3) is 0 Å². The van der Waals surface area contributed by atoms with Crippen molar-refractivity contribution in [3.8, 4) is 0 Å². The second-order valence-electron chi connectivity index (χ2n) is 6.95. The molecule has 0 aliphatic carbocycles. The molecule has 1 fully saturated rings. The molecule has 5 atom stereocenters. The van der Waals surface area contributed by atoms with Crippen molar-refractivity contribution in [2.24, 2.45) is 5.92 Å². The Morgan fingerprint density at radius 2 is 1.96 bits per heavy atom. The number of ether oxygens (including phenoxy) is 1. The van der Waals surface area contributed by atoms with E-state index in [4.69, 9.17) is 4.74 Å². The average molecular weight is 351 g/mol. The summed E-state index contributed by atoms with van der Waals surface area (Å²) in [7, 11) is 0. The van der Waals surface area contributed by atoms with Gasteiger partial charge in [-0.05, 0) is 19.3 Å². The van der Waals surface area contributed by atoms with Crippen molar-refractivity contribution in [2.75, 3.05) is 11.9 Å². The molecule has 1 aliphatic rings. The third-order valence-corrected chi connectivity index (χ3v) is 4.36. The SMILES string of the molecule is CC(C)C[C@@H](C)Nc1ncnc2c1ncn2[C@@H]1O[C@H](CO)[C@@H](O)[C@H]1O. The summed E-state index contributed by atoms with van der Waals surface area (Å²) in [4.78, 5) is 12.9. The Hall–Kier alpha value is -1.81. The molecule has 9 heteroatoms. The molecule has 0 saturated carbocycles. The molecule has 0 radical (unpaired) electrons. The van der Waals surface area contributed by atoms with Crippen LogP contribution in [-0.2, 0) is 4.74 Å². The lowest BCUT2D eigenvalue weighted by molar-refractivity contribution is -0.0511. The minimum Gasteiger partial charge on any atom is -0.394 e. The first-order chi connectivity index (χ1) is 11.9. The number of nitrogens with one attached hydrogen (secondary N) is 1. The predicted molar refractivity (Wildman–Crippen MR) is 90.9 cm³/mol. The summed E-state index contributed by atoms with van der Waals surface area (Å²) in [6, 6.07) is 0.220. The van der Waals surface area contributed by atoms with Gasteiger partial charge >= 0.3 is 0 Å². The first kappa shape index (κ1) is 18.0. The van der Waals surface area contributed by atoms with E-state index in [9.17, 15) is 15.3 Å². The third kappa shape index (κ3) is 3.45. The van der Waals surface area contributed by atoms with Crippen LogP contribution in [0, 0.1) is 5.92 Å². The molecule has 0 unspecified atom stereocenters. The number of hydrogen-bond acceptors (Lipinski definition) is 8. The Morgan fingerprint density at radius 1 is 1.20 bits per heavy atom. The number of aliphatic hydroxyl groups is 3. The smallest absolute Gasteiger partial charge is 0.167 e. The average Bonchev–Trinajstić information content (AvgIpc) is 3.10. The normalized spacial score (nSPS) is 28.0. The molecule has 0 spiro atoms. The van der Waals surface area contributed by atoms with E-state index in [1.165, 1.54) is 12.7 Å². The summed E-state index contributed by atoms with van der Waals surface area (Å²) in [6.45, 7) is 6.02. The fraction of sp³-hybridized carbons (Fsp3) is 0.688. The van der Waals surface area contributed by atoms with Crippen LogP contribution in [0.1, 0.15) is 33.4 Å². The lowest BCUT2D eigenvalue weighted by Crippen LogP contribution is -2.33. The van der Waals surface area contributed by atoms with Crippen LogP contribution >= 0.6 is 0 Å². The molecule has 138 valence electrons. The zero-order chi connectivity index (χ0) is 18.1. The summed E-state index contributed by atoms with van der Waals surface area (Å²) in [5, 5.41) is 32.7. The Bertz CT molecular complexity index is 722. The topological polar surface area (TPSA) is 126 Å². The maximum absolute atomic E-state index is 10.2. The van der Waals surface area contributed by atoms with Crippen molar-refractivity contribution in [1.82, 2.24) is 19.5 Å². The highest BCUT2D eigenvalue weighted by molar-refractivity contribution is 5.82. The molecule has 0 bridgehead atoms. The van der Waals surface area contributed by atoms with E-state index in [1.807, 2.05) is 0 Å². The highest BCUT2D eigenvalue weighted by Gasteiger charge is 2.44. The fourth-order valence-electron chi connectivity index (χ4n) is 3.25. The molecule has 3 rings (SSSR count). The van der Waals surface area contributed by atoms with E-state index < -0.39 is 24.5 Å². The Labute approximate surface area is 145 Å². The first-order valence-corrected chi connectivity index (χ1v) is 8.48. The first-order valence-electron chi connectivity index (χ1n) is 8.48. The Kier molecular flexibility index (Phi) is 5.19. The van der Waals surface area contributed by atoms with Gasteiger partial charge < -0.3 is 25.4 Å². The molecule has 1 saturated heterocycles. The van der Waals surface area contributed by atoms with Crippen LogP contribution < -0.4 is 5.32 Å². The van der Waals surface area contributed by atoms with Crippen molar-refractivity contribution in [2.45, 2.75) is 57.8 Å². The molecule has 25 heavy (non-hydrogen) atoms. The molecular weight excluding hydrogens is 326 g/mol. The van der Waals surface area contributed by atoms with E-state index >= 15 is 0 Å². The number of fused-ring (bicyclic) bond motifs is 1. The molecular formula is C16H25N5O4. The molecule has 0 amide bonds. The maximum Gasteiger partial charge on any atom is 0.167 e. The molecule has 2 aromatic rings. The number of rotatable bonds is 6. The lowest BCUT2D eigenvalue weighted by atomic mass is 10.1. The summed E-state index contributed by atoms with van der Waals surface area (Å²) in [5.41, 5.74) is 1.06. The van der Waals surface area contributed by atoms with E-state index in [2.05, 4.69) is 41.0 Å². The Balaban J connectivity index is 1.89. The highest BCUT2D eigenvalue weighted by Crippen LogP contribution is 2.32. The molecule has 0 aromatic carbocycles. The van der Waals surface area contributed by atoms with Gasteiger partial charge in [0, 0.05) is 6.04 Å². The van der Waals surface area contributed by atoms with Gasteiger partial charge in [-0.1, -0.05) is 13.8 Å². The van der Waals surface area contributed by atoms with Crippen molar-refractivity contribution in [1.29, 1.82) is 0 Å². The third-order valence-electron chi connectivity index (χ3n) is 4.36. The second-order valence-corrected chi connectivity index (χ2v) is 6.95. The van der Waals surface area contributed by atoms with E-state index in [1.54, 1.807) is 4.57 Å². The van der Waals surface area contributed by atoms with Crippen molar-refractivity contribution in [3.05, 3.63) is 12.7 Å². The minimum atomic E-state index is -1.18. The number of aromatic nitrogens is 4. The predicted octanol–water partition coefficient (Wildman–Crippen LogP) is 0.284. The summed E-state index contributed by atoms with van der Waals surface area (Å²) < 4.78 is 7.11. The molecule has 3 heterocycles. The zero-order valence-corrected chi connectivity index (χ0v) is 14.6. The van der Waals surface area contributed by atoms with Crippen LogP contribution in [0.3, 0.4) is 0 Å². The summed E-state index contributed by atoms with van der Waals surface area (Å²) in [6.07, 6.45) is -0.152. The largest absolute Gasteiger partial charge is 0.394 e. The van der Waals surface area contributed by atoms with Crippen LogP contribution in [-0.4, -0.2) is 65.8 Å². The van der Waals surface area contributed by atoms with Crippen LogP contribution in [0.2, 0.25) is 0 Å². The van der Waals surface area contributed by atoms with Gasteiger partial charge in [-0.15, -0.1) is 0 Å². The van der Waals surface area contributed by atoms with Gasteiger partial charge in [0.15, 0.2) is 23.2 Å². The number of hydrogen-bond donors (Lipinski definition) is 4. The number of nitrogens with zero attached hydrogens (tertiary/aromatic N) is 4. The molecule has 4 N–H and O–H groups in total. The van der Waals surface area contributed by atoms with Gasteiger partial charge in [0.05, 0.1) is 12.9 Å². The molecule has 2 aromatic heterocycles. The number of aliphatic hydroxyl groups excluding tert-OH is 3. The van der Waals surface area contributed by atoms with Crippen molar-refractivity contribution in [3.63, 3.8) is 0 Å². The van der Waals surface area contributed by atoms with Crippen LogP contribution in [0.25, 0.3) is 11.2 Å². The quantitative estimate of drug-likeness (QED) is 0.585. The van der Waals surface area contributed by atoms with Gasteiger partial charge in [-0.3, -0.25) is 4.57 Å². The molecule has 1 aliphatic heterocycles.